The molecule has 1 heterocycles. The average molecular weight is 218 g/mol. The van der Waals surface area contributed by atoms with Crippen LogP contribution in [-0.2, 0) is 9.47 Å². The van der Waals surface area contributed by atoms with Gasteiger partial charge in [0.25, 0.3) is 0 Å². The molecule has 0 radical (unpaired) electrons. The zero-order valence-corrected chi connectivity index (χ0v) is 9.49. The minimum Gasteiger partial charge on any atom is -0.382 e. The maximum atomic E-state index is 5.25. The molecule has 0 aliphatic heterocycles. The van der Waals surface area contributed by atoms with Crippen molar-refractivity contribution in [3.8, 4) is 0 Å². The van der Waals surface area contributed by atoms with E-state index in [1.807, 2.05) is 0 Å². The van der Waals surface area contributed by atoms with Gasteiger partial charge in [-0.25, -0.2) is 0 Å². The molecule has 74 valence electrons. The first-order chi connectivity index (χ1) is 6.36. The molecule has 0 saturated heterocycles. The Morgan fingerprint density at radius 2 is 2.38 bits per heavy atom. The Morgan fingerprint density at radius 1 is 1.54 bits per heavy atom. The fraction of sp³-hybridized carbons (Fsp3) is 0.556. The van der Waals surface area contributed by atoms with E-state index in [0.29, 0.717) is 6.61 Å². The van der Waals surface area contributed by atoms with Crippen LogP contribution >= 0.6 is 23.1 Å². The van der Waals surface area contributed by atoms with E-state index >= 15 is 0 Å². The largest absolute Gasteiger partial charge is 0.382 e. The SMILES string of the molecule is COCC(CSc1ccsc1)OC. The van der Waals surface area contributed by atoms with Crippen molar-refractivity contribution in [1.82, 2.24) is 0 Å². The summed E-state index contributed by atoms with van der Waals surface area (Å²) in [4.78, 5) is 1.31. The fourth-order valence-corrected chi connectivity index (χ4v) is 2.71. The molecular formula is C9H14O2S2. The molecular weight excluding hydrogens is 204 g/mol. The normalized spacial score (nSPS) is 13.1. The van der Waals surface area contributed by atoms with Gasteiger partial charge in [-0.2, -0.15) is 11.3 Å². The topological polar surface area (TPSA) is 18.5 Å². The molecule has 1 aromatic heterocycles. The molecule has 1 atom stereocenters. The quantitative estimate of drug-likeness (QED) is 0.684. The Labute approximate surface area is 87.2 Å². The van der Waals surface area contributed by atoms with Crippen LogP contribution in [0.3, 0.4) is 0 Å². The monoisotopic (exact) mass is 218 g/mol. The molecule has 4 heteroatoms. The van der Waals surface area contributed by atoms with Crippen LogP contribution in [0.25, 0.3) is 0 Å². The summed E-state index contributed by atoms with van der Waals surface area (Å²) in [5.41, 5.74) is 0. The molecule has 1 unspecified atom stereocenters. The van der Waals surface area contributed by atoms with Crippen molar-refractivity contribution in [2.75, 3.05) is 26.6 Å². The maximum Gasteiger partial charge on any atom is 0.0898 e. The third kappa shape index (κ3) is 4.13. The van der Waals surface area contributed by atoms with Gasteiger partial charge in [-0.05, 0) is 11.4 Å². The molecule has 0 aliphatic rings. The molecule has 0 amide bonds. The molecule has 1 rings (SSSR count). The molecule has 0 bridgehead atoms. The van der Waals surface area contributed by atoms with Gasteiger partial charge in [0.15, 0.2) is 0 Å². The predicted molar refractivity (Wildman–Crippen MR) is 57.7 cm³/mol. The number of ether oxygens (including phenoxy) is 2. The van der Waals surface area contributed by atoms with E-state index in [4.69, 9.17) is 9.47 Å². The van der Waals surface area contributed by atoms with E-state index in [0.717, 1.165) is 5.75 Å². The van der Waals surface area contributed by atoms with Crippen LogP contribution in [0.15, 0.2) is 21.7 Å². The van der Waals surface area contributed by atoms with Crippen molar-refractivity contribution in [2.24, 2.45) is 0 Å². The second-order valence-electron chi connectivity index (χ2n) is 2.58. The summed E-state index contributed by atoms with van der Waals surface area (Å²) in [7, 11) is 3.42. The Morgan fingerprint density at radius 3 is 2.92 bits per heavy atom. The molecule has 0 saturated carbocycles. The first-order valence-electron chi connectivity index (χ1n) is 4.03. The number of thioether (sulfide) groups is 1. The standard InChI is InChI=1S/C9H14O2S2/c1-10-5-8(11-2)6-13-9-3-4-12-7-9/h3-4,7-8H,5-6H2,1-2H3. The highest BCUT2D eigenvalue weighted by Crippen LogP contribution is 2.21. The van der Waals surface area contributed by atoms with E-state index in [-0.39, 0.29) is 6.10 Å². The van der Waals surface area contributed by atoms with Crippen LogP contribution in [0.1, 0.15) is 0 Å². The van der Waals surface area contributed by atoms with Gasteiger partial charge in [-0.3, -0.25) is 0 Å². The van der Waals surface area contributed by atoms with Crippen molar-refractivity contribution >= 4 is 23.1 Å². The lowest BCUT2D eigenvalue weighted by molar-refractivity contribution is 0.0430. The molecule has 13 heavy (non-hydrogen) atoms. The van der Waals surface area contributed by atoms with E-state index in [9.17, 15) is 0 Å². The number of methoxy groups -OCH3 is 2. The Balaban J connectivity index is 2.23. The van der Waals surface area contributed by atoms with Crippen LogP contribution in [0, 0.1) is 0 Å². The number of hydrogen-bond acceptors (Lipinski definition) is 4. The van der Waals surface area contributed by atoms with Crippen molar-refractivity contribution < 1.29 is 9.47 Å². The van der Waals surface area contributed by atoms with Gasteiger partial charge in [0.2, 0.25) is 0 Å². The minimum atomic E-state index is 0.190. The summed E-state index contributed by atoms with van der Waals surface area (Å²) in [6, 6.07) is 2.12. The lowest BCUT2D eigenvalue weighted by Gasteiger charge is -2.12. The number of thiophene rings is 1. The first-order valence-corrected chi connectivity index (χ1v) is 5.96. The van der Waals surface area contributed by atoms with Gasteiger partial charge >= 0.3 is 0 Å². The summed E-state index contributed by atoms with van der Waals surface area (Å²) < 4.78 is 10.3. The molecule has 0 aromatic carbocycles. The minimum absolute atomic E-state index is 0.190. The smallest absolute Gasteiger partial charge is 0.0898 e. The van der Waals surface area contributed by atoms with Gasteiger partial charge in [0.1, 0.15) is 0 Å². The lowest BCUT2D eigenvalue weighted by atomic mass is 10.4. The lowest BCUT2D eigenvalue weighted by Crippen LogP contribution is -2.19. The van der Waals surface area contributed by atoms with E-state index in [2.05, 4.69) is 16.8 Å². The molecule has 0 aliphatic carbocycles. The Kier molecular flexibility index (Phi) is 5.46. The predicted octanol–water partition coefficient (Wildman–Crippen LogP) is 2.50. The Bertz CT molecular complexity index is 211. The highest BCUT2D eigenvalue weighted by molar-refractivity contribution is 7.99. The highest BCUT2D eigenvalue weighted by Gasteiger charge is 2.07. The van der Waals surface area contributed by atoms with Gasteiger partial charge in [-0.15, -0.1) is 11.8 Å². The van der Waals surface area contributed by atoms with E-state index in [1.165, 1.54) is 4.90 Å². The molecule has 1 aromatic rings. The zero-order chi connectivity index (χ0) is 9.52. The number of rotatable bonds is 6. The second-order valence-corrected chi connectivity index (χ2v) is 4.46. The van der Waals surface area contributed by atoms with Gasteiger partial charge in [-0.1, -0.05) is 0 Å². The fourth-order valence-electron chi connectivity index (χ4n) is 0.893. The van der Waals surface area contributed by atoms with Crippen molar-refractivity contribution in [3.63, 3.8) is 0 Å². The third-order valence-corrected chi connectivity index (χ3v) is 3.58. The molecule has 0 spiro atoms. The van der Waals surface area contributed by atoms with E-state index < -0.39 is 0 Å². The summed E-state index contributed by atoms with van der Waals surface area (Å²) in [5, 5.41) is 4.23. The first kappa shape index (κ1) is 11.0. The average Bonchev–Trinajstić information content (AvgIpc) is 2.64. The van der Waals surface area contributed by atoms with Crippen molar-refractivity contribution in [1.29, 1.82) is 0 Å². The summed E-state index contributed by atoms with van der Waals surface area (Å²) >= 11 is 3.52. The van der Waals surface area contributed by atoms with Gasteiger partial charge in [0.05, 0.1) is 12.7 Å². The van der Waals surface area contributed by atoms with Gasteiger partial charge < -0.3 is 9.47 Å². The van der Waals surface area contributed by atoms with Gasteiger partial charge in [0, 0.05) is 30.2 Å². The summed E-state index contributed by atoms with van der Waals surface area (Å²) in [5.74, 6) is 0.946. The maximum absolute atomic E-state index is 5.25. The summed E-state index contributed by atoms with van der Waals surface area (Å²) in [6.45, 7) is 0.660. The molecule has 2 nitrogen and oxygen atoms in total. The second kappa shape index (κ2) is 6.43. The highest BCUT2D eigenvalue weighted by atomic mass is 32.2. The third-order valence-electron chi connectivity index (χ3n) is 1.62. The Hall–Kier alpha value is -0.0300. The van der Waals surface area contributed by atoms with Crippen LogP contribution in [0.5, 0.6) is 0 Å². The number of hydrogen-bond donors (Lipinski definition) is 0. The van der Waals surface area contributed by atoms with Crippen LogP contribution < -0.4 is 0 Å². The van der Waals surface area contributed by atoms with Crippen molar-refractivity contribution in [3.05, 3.63) is 16.8 Å². The zero-order valence-electron chi connectivity index (χ0n) is 7.86. The molecule has 0 N–H and O–H groups in total. The van der Waals surface area contributed by atoms with E-state index in [1.54, 1.807) is 37.3 Å². The summed E-state index contributed by atoms with van der Waals surface area (Å²) in [6.07, 6.45) is 0.190. The molecule has 0 fully saturated rings. The van der Waals surface area contributed by atoms with Crippen LogP contribution in [0.2, 0.25) is 0 Å². The van der Waals surface area contributed by atoms with Crippen LogP contribution in [0.4, 0.5) is 0 Å². The van der Waals surface area contributed by atoms with Crippen LogP contribution in [-0.4, -0.2) is 32.7 Å². The van der Waals surface area contributed by atoms with Crippen molar-refractivity contribution in [2.45, 2.75) is 11.0 Å².